The molecule has 0 aromatic heterocycles. The van der Waals surface area contributed by atoms with Gasteiger partial charge >= 0.3 is 0 Å². The molecule has 8 unspecified atom stereocenters. The topological polar surface area (TPSA) is 0 Å². The van der Waals surface area contributed by atoms with E-state index in [0.717, 1.165) is 35.5 Å². The summed E-state index contributed by atoms with van der Waals surface area (Å²) in [4.78, 5) is 0. The Morgan fingerprint density at radius 3 is 2.47 bits per heavy atom. The van der Waals surface area contributed by atoms with E-state index in [1.54, 1.807) is 6.42 Å². The van der Waals surface area contributed by atoms with Crippen LogP contribution in [0.4, 0.5) is 0 Å². The molecule has 3 fully saturated rings. The van der Waals surface area contributed by atoms with E-state index in [4.69, 9.17) is 0 Å². The Labute approximate surface area is 94.8 Å². The Balaban J connectivity index is 1.65. The summed E-state index contributed by atoms with van der Waals surface area (Å²) in [5.41, 5.74) is 0. The van der Waals surface area contributed by atoms with E-state index in [1.807, 2.05) is 0 Å². The monoisotopic (exact) mass is 206 g/mol. The first kappa shape index (κ1) is 10.2. The van der Waals surface area contributed by atoms with Crippen molar-refractivity contribution in [3.63, 3.8) is 0 Å². The van der Waals surface area contributed by atoms with Crippen molar-refractivity contribution in [3.8, 4) is 0 Å². The summed E-state index contributed by atoms with van der Waals surface area (Å²) >= 11 is 0. The summed E-state index contributed by atoms with van der Waals surface area (Å²) in [7, 11) is 0. The molecule has 3 aliphatic carbocycles. The van der Waals surface area contributed by atoms with Gasteiger partial charge in [-0.1, -0.05) is 40.5 Å². The van der Waals surface area contributed by atoms with Crippen molar-refractivity contribution >= 4 is 0 Å². The van der Waals surface area contributed by atoms with Crippen LogP contribution in [0.3, 0.4) is 0 Å². The largest absolute Gasteiger partial charge is 0.0651 e. The zero-order valence-corrected chi connectivity index (χ0v) is 10.7. The summed E-state index contributed by atoms with van der Waals surface area (Å²) in [6.45, 7) is 9.78. The molecule has 0 radical (unpaired) electrons. The Morgan fingerprint density at radius 1 is 1.13 bits per heavy atom. The fraction of sp³-hybridized carbons (Fsp3) is 1.00. The van der Waals surface area contributed by atoms with Crippen LogP contribution in [0.1, 0.15) is 47.0 Å². The highest BCUT2D eigenvalue weighted by atomic mass is 14.7. The van der Waals surface area contributed by atoms with Crippen LogP contribution in [0.2, 0.25) is 0 Å². The molecule has 86 valence electrons. The molecule has 8 atom stereocenters. The minimum absolute atomic E-state index is 0.986. The Bertz CT molecular complexity index is 257. The Hall–Kier alpha value is 0. The van der Waals surface area contributed by atoms with Crippen LogP contribution in [-0.4, -0.2) is 0 Å². The normalized spacial score (nSPS) is 58.0. The lowest BCUT2D eigenvalue weighted by Crippen LogP contribution is -2.32. The fourth-order valence-corrected chi connectivity index (χ4v) is 5.08. The van der Waals surface area contributed by atoms with Crippen LogP contribution in [0.25, 0.3) is 0 Å². The van der Waals surface area contributed by atoms with Crippen molar-refractivity contribution in [2.75, 3.05) is 0 Å². The van der Waals surface area contributed by atoms with Gasteiger partial charge in [-0.15, -0.1) is 0 Å². The smallest absolute Gasteiger partial charge is 0.0318 e. The van der Waals surface area contributed by atoms with Crippen LogP contribution in [0, 0.1) is 47.3 Å². The van der Waals surface area contributed by atoms with Gasteiger partial charge in [-0.2, -0.15) is 0 Å². The highest BCUT2D eigenvalue weighted by Crippen LogP contribution is 2.73. The molecule has 0 heterocycles. The average molecular weight is 206 g/mol. The maximum absolute atomic E-state index is 2.52. The molecule has 0 spiro atoms. The van der Waals surface area contributed by atoms with Crippen molar-refractivity contribution in [1.82, 2.24) is 0 Å². The van der Waals surface area contributed by atoms with E-state index in [2.05, 4.69) is 27.7 Å². The molecule has 0 bridgehead atoms. The van der Waals surface area contributed by atoms with Gasteiger partial charge in [-0.05, 0) is 53.8 Å². The molecule has 0 heteroatoms. The van der Waals surface area contributed by atoms with E-state index in [-0.39, 0.29) is 0 Å². The first-order valence-corrected chi connectivity index (χ1v) is 7.20. The van der Waals surface area contributed by atoms with E-state index in [9.17, 15) is 0 Å². The minimum Gasteiger partial charge on any atom is -0.0651 e. The second-order valence-corrected chi connectivity index (χ2v) is 6.61. The third-order valence-electron chi connectivity index (χ3n) is 6.16. The zero-order chi connectivity index (χ0) is 10.7. The average Bonchev–Trinajstić information content (AvgIpc) is 3.07. The third kappa shape index (κ3) is 1.26. The summed E-state index contributed by atoms with van der Waals surface area (Å²) in [6.07, 6.45) is 4.45. The lowest BCUT2D eigenvalue weighted by Gasteiger charge is -2.36. The molecule has 0 aromatic rings. The lowest BCUT2D eigenvalue weighted by atomic mass is 9.68. The molecular formula is C15H26. The van der Waals surface area contributed by atoms with Crippen molar-refractivity contribution < 1.29 is 0 Å². The van der Waals surface area contributed by atoms with Gasteiger partial charge in [0.25, 0.3) is 0 Å². The van der Waals surface area contributed by atoms with Gasteiger partial charge in [-0.25, -0.2) is 0 Å². The van der Waals surface area contributed by atoms with E-state index in [0.29, 0.717) is 0 Å². The van der Waals surface area contributed by atoms with Crippen LogP contribution < -0.4 is 0 Å². The van der Waals surface area contributed by atoms with E-state index in [1.165, 1.54) is 24.7 Å². The summed E-state index contributed by atoms with van der Waals surface area (Å²) < 4.78 is 0. The maximum atomic E-state index is 2.52. The molecule has 3 aliphatic rings. The van der Waals surface area contributed by atoms with Crippen LogP contribution >= 0.6 is 0 Å². The third-order valence-corrected chi connectivity index (χ3v) is 6.16. The predicted molar refractivity (Wildman–Crippen MR) is 64.5 cm³/mol. The Kier molecular flexibility index (Phi) is 2.20. The predicted octanol–water partition coefficient (Wildman–Crippen LogP) is 4.21. The molecule has 0 N–H and O–H groups in total. The molecular weight excluding hydrogens is 180 g/mol. The van der Waals surface area contributed by atoms with Crippen molar-refractivity contribution in [2.24, 2.45) is 47.3 Å². The first-order chi connectivity index (χ1) is 7.20. The van der Waals surface area contributed by atoms with Gasteiger partial charge in [-0.3, -0.25) is 0 Å². The molecule has 0 nitrogen and oxygen atoms in total. The number of hydrogen-bond donors (Lipinski definition) is 0. The zero-order valence-electron chi connectivity index (χ0n) is 10.7. The van der Waals surface area contributed by atoms with Gasteiger partial charge < -0.3 is 0 Å². The first-order valence-electron chi connectivity index (χ1n) is 7.20. The van der Waals surface area contributed by atoms with Gasteiger partial charge in [0.15, 0.2) is 0 Å². The van der Waals surface area contributed by atoms with Gasteiger partial charge in [0.2, 0.25) is 0 Å². The summed E-state index contributed by atoms with van der Waals surface area (Å²) in [6, 6.07) is 0. The van der Waals surface area contributed by atoms with Gasteiger partial charge in [0.1, 0.15) is 0 Å². The standard InChI is InChI=1S/C15H26/c1-5-8(3)13-9(4)14(13)15-10(6-2)11-7-12(11)15/h8-15H,5-7H2,1-4H3. The quantitative estimate of drug-likeness (QED) is 0.646. The lowest BCUT2D eigenvalue weighted by molar-refractivity contribution is 0.110. The highest BCUT2D eigenvalue weighted by molar-refractivity contribution is 5.16. The van der Waals surface area contributed by atoms with Crippen LogP contribution in [-0.2, 0) is 0 Å². The van der Waals surface area contributed by atoms with Crippen LogP contribution in [0.15, 0.2) is 0 Å². The van der Waals surface area contributed by atoms with Crippen molar-refractivity contribution in [1.29, 1.82) is 0 Å². The maximum Gasteiger partial charge on any atom is -0.0318 e. The second kappa shape index (κ2) is 3.25. The summed E-state index contributed by atoms with van der Waals surface area (Å²) in [5.74, 6) is 8.94. The minimum atomic E-state index is 0.986. The molecule has 0 amide bonds. The summed E-state index contributed by atoms with van der Waals surface area (Å²) in [5, 5.41) is 0. The van der Waals surface area contributed by atoms with Crippen molar-refractivity contribution in [2.45, 2.75) is 47.0 Å². The fourth-order valence-electron chi connectivity index (χ4n) is 5.08. The number of fused-ring (bicyclic) bond motifs is 1. The molecule has 3 saturated carbocycles. The van der Waals surface area contributed by atoms with E-state index < -0.39 is 0 Å². The van der Waals surface area contributed by atoms with Gasteiger partial charge in [0, 0.05) is 0 Å². The SMILES string of the molecule is CCC(C)C1C(C)C1C1C(CC)C2CC21. The second-order valence-electron chi connectivity index (χ2n) is 6.61. The van der Waals surface area contributed by atoms with Crippen LogP contribution in [0.5, 0.6) is 0 Å². The number of rotatable bonds is 4. The number of hydrogen-bond acceptors (Lipinski definition) is 0. The van der Waals surface area contributed by atoms with Crippen molar-refractivity contribution in [3.05, 3.63) is 0 Å². The molecule has 0 aromatic carbocycles. The molecule has 15 heavy (non-hydrogen) atoms. The highest BCUT2D eigenvalue weighted by Gasteiger charge is 2.68. The molecule has 0 saturated heterocycles. The molecule has 0 aliphatic heterocycles. The van der Waals surface area contributed by atoms with E-state index >= 15 is 0 Å². The van der Waals surface area contributed by atoms with Gasteiger partial charge in [0.05, 0.1) is 0 Å². The molecule has 3 rings (SSSR count). The Morgan fingerprint density at radius 2 is 1.87 bits per heavy atom.